The second-order valence-corrected chi connectivity index (χ2v) is 9.28. The van der Waals surface area contributed by atoms with Crippen LogP contribution in [0.1, 0.15) is 33.3 Å². The molecule has 1 aromatic carbocycles. The summed E-state index contributed by atoms with van der Waals surface area (Å²) in [7, 11) is -0.870. The Balaban J connectivity index is 0.00000338. The molecule has 5 nitrogen and oxygen atoms in total. The van der Waals surface area contributed by atoms with Crippen molar-refractivity contribution >= 4 is 51.6 Å². The third-order valence-corrected chi connectivity index (χ3v) is 5.85. The van der Waals surface area contributed by atoms with Gasteiger partial charge >= 0.3 is 0 Å². The maximum atomic E-state index is 12.1. The lowest BCUT2D eigenvalue weighted by atomic mass is 10.1. The zero-order chi connectivity index (χ0) is 18.3. The lowest BCUT2D eigenvalue weighted by Gasteiger charge is -2.17. The molecule has 1 heterocycles. The fourth-order valence-electron chi connectivity index (χ4n) is 2.54. The maximum Gasteiger partial charge on any atom is 0.191 e. The molecule has 146 valence electrons. The standard InChI is InChI=1S/C19H30N4OS.HI/c1-5-20-18(22-12-13-25(24)19(2,3)4)21-11-10-15-14-23-17-9-7-6-8-16(15)17;/h6-9,14,23H,5,10-13H2,1-4H3,(H2,20,21,22);1H. The van der Waals surface area contributed by atoms with E-state index in [2.05, 4.69) is 45.0 Å². The highest BCUT2D eigenvalue weighted by atomic mass is 127. The number of fused-ring (bicyclic) bond motifs is 1. The predicted molar refractivity (Wildman–Crippen MR) is 124 cm³/mol. The number of nitrogens with zero attached hydrogens (tertiary/aromatic N) is 1. The molecule has 0 fully saturated rings. The van der Waals surface area contributed by atoms with Crippen LogP contribution < -0.4 is 10.6 Å². The number of guanidine groups is 1. The summed E-state index contributed by atoms with van der Waals surface area (Å²) in [6, 6.07) is 8.34. The monoisotopic (exact) mass is 490 g/mol. The van der Waals surface area contributed by atoms with Crippen LogP contribution in [0.5, 0.6) is 0 Å². The number of aliphatic imine (C=N–C) groups is 1. The quantitative estimate of drug-likeness (QED) is 0.317. The van der Waals surface area contributed by atoms with Crippen LogP contribution in [-0.2, 0) is 17.2 Å². The Morgan fingerprint density at radius 2 is 1.96 bits per heavy atom. The number of hydrogen-bond donors (Lipinski definition) is 3. The van der Waals surface area contributed by atoms with Gasteiger partial charge in [-0.05, 0) is 45.7 Å². The van der Waals surface area contributed by atoms with E-state index in [4.69, 9.17) is 0 Å². The lowest BCUT2D eigenvalue weighted by molar-refractivity contribution is 0.648. The first-order valence-electron chi connectivity index (χ1n) is 8.87. The highest BCUT2D eigenvalue weighted by molar-refractivity contribution is 14.0. The molecule has 3 N–H and O–H groups in total. The molecule has 1 aromatic heterocycles. The van der Waals surface area contributed by atoms with Gasteiger partial charge in [0.05, 0.1) is 6.54 Å². The first-order valence-corrected chi connectivity index (χ1v) is 10.2. The largest absolute Gasteiger partial charge is 0.361 e. The molecule has 0 aliphatic rings. The SMILES string of the molecule is CCNC(=NCCS(=O)C(C)(C)C)NCCc1c[nH]c2ccccc12.I. The number of nitrogens with one attached hydrogen (secondary N) is 3. The van der Waals surface area contributed by atoms with Crippen molar-refractivity contribution in [1.29, 1.82) is 0 Å². The number of H-pyrrole nitrogens is 1. The molecule has 0 aliphatic carbocycles. The zero-order valence-electron chi connectivity index (χ0n) is 16.1. The van der Waals surface area contributed by atoms with E-state index in [1.54, 1.807) is 0 Å². The van der Waals surface area contributed by atoms with Crippen LogP contribution in [0.4, 0.5) is 0 Å². The Labute approximate surface area is 176 Å². The van der Waals surface area contributed by atoms with E-state index >= 15 is 0 Å². The average Bonchev–Trinajstić information content (AvgIpc) is 2.97. The summed E-state index contributed by atoms with van der Waals surface area (Å²) in [5.41, 5.74) is 2.47. The Bertz CT molecular complexity index is 736. The van der Waals surface area contributed by atoms with Crippen molar-refractivity contribution in [3.05, 3.63) is 36.0 Å². The molecule has 1 unspecified atom stereocenters. The molecule has 2 rings (SSSR count). The second kappa shape index (κ2) is 10.9. The van der Waals surface area contributed by atoms with Crippen LogP contribution in [0.25, 0.3) is 10.9 Å². The van der Waals surface area contributed by atoms with Gasteiger partial charge in [0, 0.05) is 51.5 Å². The van der Waals surface area contributed by atoms with Gasteiger partial charge in [-0.1, -0.05) is 18.2 Å². The summed E-state index contributed by atoms with van der Waals surface area (Å²) in [6.45, 7) is 10.2. The Hall–Kier alpha value is -1.09. The number of para-hydroxylation sites is 1. The number of halogens is 1. The fourth-order valence-corrected chi connectivity index (χ4v) is 3.41. The zero-order valence-corrected chi connectivity index (χ0v) is 19.2. The van der Waals surface area contributed by atoms with E-state index in [9.17, 15) is 4.21 Å². The van der Waals surface area contributed by atoms with Gasteiger partial charge in [0.1, 0.15) is 0 Å². The summed E-state index contributed by atoms with van der Waals surface area (Å²) in [5, 5.41) is 7.88. The van der Waals surface area contributed by atoms with E-state index in [-0.39, 0.29) is 28.7 Å². The highest BCUT2D eigenvalue weighted by Gasteiger charge is 2.18. The highest BCUT2D eigenvalue weighted by Crippen LogP contribution is 2.17. The van der Waals surface area contributed by atoms with E-state index in [1.165, 1.54) is 16.5 Å². The number of hydrogen-bond acceptors (Lipinski definition) is 2. The second-order valence-electron chi connectivity index (χ2n) is 6.96. The van der Waals surface area contributed by atoms with Crippen LogP contribution in [-0.4, -0.2) is 45.3 Å². The molecule has 0 saturated carbocycles. The lowest BCUT2D eigenvalue weighted by Crippen LogP contribution is -2.38. The number of benzene rings is 1. The third-order valence-electron chi connectivity index (χ3n) is 3.94. The summed E-state index contributed by atoms with van der Waals surface area (Å²) in [4.78, 5) is 7.85. The normalized spacial score (nSPS) is 13.3. The van der Waals surface area contributed by atoms with E-state index in [0.717, 1.165) is 25.5 Å². The van der Waals surface area contributed by atoms with E-state index < -0.39 is 10.8 Å². The smallest absolute Gasteiger partial charge is 0.191 e. The van der Waals surface area contributed by atoms with Gasteiger partial charge < -0.3 is 15.6 Å². The molecule has 0 radical (unpaired) electrons. The average molecular weight is 490 g/mol. The van der Waals surface area contributed by atoms with E-state index in [0.29, 0.717) is 12.3 Å². The minimum atomic E-state index is -0.870. The fraction of sp³-hybridized carbons (Fsp3) is 0.526. The van der Waals surface area contributed by atoms with Crippen molar-refractivity contribution < 1.29 is 4.21 Å². The van der Waals surface area contributed by atoms with Crippen LogP contribution in [0.15, 0.2) is 35.5 Å². The number of aromatic nitrogens is 1. The molecule has 0 aliphatic heterocycles. The molecular formula is C19H31IN4OS. The summed E-state index contributed by atoms with van der Waals surface area (Å²) in [5.74, 6) is 1.37. The first-order chi connectivity index (χ1) is 11.9. The van der Waals surface area contributed by atoms with Crippen molar-refractivity contribution in [2.24, 2.45) is 4.99 Å². The first kappa shape index (κ1) is 23.0. The Morgan fingerprint density at radius 1 is 1.23 bits per heavy atom. The van der Waals surface area contributed by atoms with Gasteiger partial charge in [0.2, 0.25) is 0 Å². The molecule has 0 amide bonds. The number of aromatic amines is 1. The molecular weight excluding hydrogens is 459 g/mol. The van der Waals surface area contributed by atoms with Crippen LogP contribution >= 0.6 is 24.0 Å². The van der Waals surface area contributed by atoms with Gasteiger partial charge in [0.25, 0.3) is 0 Å². The number of rotatable bonds is 7. The summed E-state index contributed by atoms with van der Waals surface area (Å²) < 4.78 is 11.9. The molecule has 0 bridgehead atoms. The Kier molecular flexibility index (Phi) is 9.63. The molecule has 0 spiro atoms. The van der Waals surface area contributed by atoms with E-state index in [1.807, 2.05) is 33.8 Å². The topological polar surface area (TPSA) is 69.3 Å². The summed E-state index contributed by atoms with van der Waals surface area (Å²) >= 11 is 0. The minimum absolute atomic E-state index is 0. The Morgan fingerprint density at radius 3 is 2.65 bits per heavy atom. The third kappa shape index (κ3) is 6.90. The van der Waals surface area contributed by atoms with Crippen molar-refractivity contribution in [3.63, 3.8) is 0 Å². The van der Waals surface area contributed by atoms with Crippen molar-refractivity contribution in [3.8, 4) is 0 Å². The molecule has 1 atom stereocenters. The molecule has 0 saturated heterocycles. The van der Waals surface area contributed by atoms with Gasteiger partial charge in [0.15, 0.2) is 5.96 Å². The predicted octanol–water partition coefficient (Wildman–Crippen LogP) is 3.43. The van der Waals surface area contributed by atoms with Crippen molar-refractivity contribution in [1.82, 2.24) is 15.6 Å². The molecule has 7 heteroatoms. The van der Waals surface area contributed by atoms with Crippen LogP contribution in [0.2, 0.25) is 0 Å². The maximum absolute atomic E-state index is 12.1. The van der Waals surface area contributed by atoms with Crippen molar-refractivity contribution in [2.45, 2.75) is 38.9 Å². The van der Waals surface area contributed by atoms with Crippen LogP contribution in [0.3, 0.4) is 0 Å². The van der Waals surface area contributed by atoms with Gasteiger partial charge in [-0.3, -0.25) is 9.20 Å². The van der Waals surface area contributed by atoms with Crippen LogP contribution in [0, 0.1) is 0 Å². The van der Waals surface area contributed by atoms with Crippen molar-refractivity contribution in [2.75, 3.05) is 25.4 Å². The minimum Gasteiger partial charge on any atom is -0.361 e. The van der Waals surface area contributed by atoms with Gasteiger partial charge in [-0.25, -0.2) is 0 Å². The summed E-state index contributed by atoms with van der Waals surface area (Å²) in [6.07, 6.45) is 2.99. The molecule has 2 aromatic rings. The van der Waals surface area contributed by atoms with Gasteiger partial charge in [-0.2, -0.15) is 0 Å². The van der Waals surface area contributed by atoms with Gasteiger partial charge in [-0.15, -0.1) is 24.0 Å². The molecule has 26 heavy (non-hydrogen) atoms.